The summed E-state index contributed by atoms with van der Waals surface area (Å²) >= 11 is 1.09. The number of carbonyl (C=O) groups is 2. The largest absolute Gasteiger partial charge is 0.459 e. The van der Waals surface area contributed by atoms with E-state index in [0.29, 0.717) is 5.69 Å². The van der Waals surface area contributed by atoms with Crippen LogP contribution in [0.4, 0.5) is 24.0 Å². The molecule has 0 aliphatic carbocycles. The Morgan fingerprint density at radius 3 is 2.59 bits per heavy atom. The Balaban J connectivity index is 1.63. The lowest BCUT2D eigenvalue weighted by atomic mass is 10.1. The summed E-state index contributed by atoms with van der Waals surface area (Å²) in [6.07, 6.45) is -3.46. The molecule has 0 radical (unpaired) electrons. The quantitative estimate of drug-likeness (QED) is 0.679. The van der Waals surface area contributed by atoms with Gasteiger partial charge in [0.2, 0.25) is 5.91 Å². The molecule has 10 heteroatoms. The van der Waals surface area contributed by atoms with Crippen LogP contribution in [-0.4, -0.2) is 16.8 Å². The van der Waals surface area contributed by atoms with Crippen LogP contribution >= 0.6 is 11.3 Å². The lowest BCUT2D eigenvalue weighted by Crippen LogP contribution is -2.18. The van der Waals surface area contributed by atoms with Crippen molar-refractivity contribution < 1.29 is 27.2 Å². The molecule has 0 spiro atoms. The third-order valence-corrected chi connectivity index (χ3v) is 4.17. The first kappa shape index (κ1) is 18.6. The first-order valence-corrected chi connectivity index (χ1v) is 8.46. The number of hydrogen-bond acceptors (Lipinski definition) is 5. The standard InChI is InChI=1S/C17H12F3N3O3S/c18-17(19,20)11-4-1-2-5-12(11)22-14(24)8-10-9-27-16(21-10)23-15(25)13-6-3-7-26-13/h1-7,9H,8H2,(H,22,24)(H,21,23,25). The molecule has 0 fully saturated rings. The number of anilines is 2. The Morgan fingerprint density at radius 2 is 1.89 bits per heavy atom. The summed E-state index contributed by atoms with van der Waals surface area (Å²) in [6.45, 7) is 0. The smallest absolute Gasteiger partial charge is 0.418 e. The highest BCUT2D eigenvalue weighted by Gasteiger charge is 2.33. The van der Waals surface area contributed by atoms with Crippen molar-refractivity contribution in [2.45, 2.75) is 12.6 Å². The highest BCUT2D eigenvalue weighted by atomic mass is 32.1. The van der Waals surface area contributed by atoms with Gasteiger partial charge in [-0.1, -0.05) is 12.1 Å². The third-order valence-electron chi connectivity index (χ3n) is 3.37. The van der Waals surface area contributed by atoms with Crippen LogP contribution in [-0.2, 0) is 17.4 Å². The van der Waals surface area contributed by atoms with Crippen LogP contribution in [0.3, 0.4) is 0 Å². The summed E-state index contributed by atoms with van der Waals surface area (Å²) in [7, 11) is 0. The second kappa shape index (κ2) is 7.62. The minimum absolute atomic E-state index is 0.105. The molecule has 3 aromatic rings. The molecule has 0 saturated carbocycles. The topological polar surface area (TPSA) is 84.2 Å². The Labute approximate surface area is 155 Å². The van der Waals surface area contributed by atoms with E-state index < -0.39 is 23.6 Å². The Morgan fingerprint density at radius 1 is 1.11 bits per heavy atom. The zero-order chi connectivity index (χ0) is 19.4. The molecule has 3 rings (SSSR count). The molecule has 0 unspecified atom stereocenters. The molecule has 2 N–H and O–H groups in total. The van der Waals surface area contributed by atoms with Crippen molar-refractivity contribution in [3.8, 4) is 0 Å². The van der Waals surface area contributed by atoms with Gasteiger partial charge >= 0.3 is 6.18 Å². The minimum atomic E-state index is -4.58. The summed E-state index contributed by atoms with van der Waals surface area (Å²) in [5.41, 5.74) is -0.934. The predicted octanol–water partition coefficient (Wildman–Crippen LogP) is 4.19. The third kappa shape index (κ3) is 4.73. The van der Waals surface area contributed by atoms with Crippen molar-refractivity contribution in [2.24, 2.45) is 0 Å². The van der Waals surface area contributed by atoms with Crippen molar-refractivity contribution in [3.05, 3.63) is 65.1 Å². The Bertz CT molecular complexity index is 952. The van der Waals surface area contributed by atoms with E-state index in [4.69, 9.17) is 4.42 Å². The monoisotopic (exact) mass is 395 g/mol. The van der Waals surface area contributed by atoms with E-state index in [-0.39, 0.29) is 23.0 Å². The molecule has 0 bridgehead atoms. The van der Waals surface area contributed by atoms with Crippen molar-refractivity contribution in [1.82, 2.24) is 4.98 Å². The van der Waals surface area contributed by atoms with Gasteiger partial charge in [0.1, 0.15) is 0 Å². The number of furan rings is 1. The molecule has 6 nitrogen and oxygen atoms in total. The van der Waals surface area contributed by atoms with Crippen LogP contribution < -0.4 is 10.6 Å². The van der Waals surface area contributed by atoms with Crippen molar-refractivity contribution in [2.75, 3.05) is 10.6 Å². The first-order chi connectivity index (χ1) is 12.8. The lowest BCUT2D eigenvalue weighted by molar-refractivity contribution is -0.137. The Hall–Kier alpha value is -3.14. The maximum atomic E-state index is 13.0. The average Bonchev–Trinajstić information content (AvgIpc) is 3.26. The van der Waals surface area contributed by atoms with E-state index in [2.05, 4.69) is 15.6 Å². The SMILES string of the molecule is O=C(Cc1csc(NC(=O)c2ccco2)n1)Nc1ccccc1C(F)(F)F. The van der Waals surface area contributed by atoms with Crippen LogP contribution in [0.1, 0.15) is 21.8 Å². The molecular formula is C17H12F3N3O3S. The van der Waals surface area contributed by atoms with E-state index in [1.54, 1.807) is 6.07 Å². The van der Waals surface area contributed by atoms with Gasteiger partial charge < -0.3 is 9.73 Å². The molecular weight excluding hydrogens is 383 g/mol. The van der Waals surface area contributed by atoms with E-state index in [0.717, 1.165) is 17.4 Å². The zero-order valence-electron chi connectivity index (χ0n) is 13.5. The van der Waals surface area contributed by atoms with E-state index in [9.17, 15) is 22.8 Å². The Kier molecular flexibility index (Phi) is 5.26. The first-order valence-electron chi connectivity index (χ1n) is 7.58. The molecule has 0 atom stereocenters. The fourth-order valence-corrected chi connectivity index (χ4v) is 2.92. The number of hydrogen-bond donors (Lipinski definition) is 2. The van der Waals surface area contributed by atoms with Crippen LogP contribution in [0.25, 0.3) is 0 Å². The number of carbonyl (C=O) groups excluding carboxylic acids is 2. The highest BCUT2D eigenvalue weighted by Crippen LogP contribution is 2.34. The number of alkyl halides is 3. The number of thiazole rings is 1. The second-order valence-electron chi connectivity index (χ2n) is 5.34. The lowest BCUT2D eigenvalue weighted by Gasteiger charge is -2.13. The summed E-state index contributed by atoms with van der Waals surface area (Å²) in [5, 5.41) is 6.53. The van der Waals surface area contributed by atoms with Gasteiger partial charge in [0.25, 0.3) is 5.91 Å². The number of nitrogens with one attached hydrogen (secondary N) is 2. The molecule has 27 heavy (non-hydrogen) atoms. The number of amides is 2. The highest BCUT2D eigenvalue weighted by molar-refractivity contribution is 7.14. The van der Waals surface area contributed by atoms with Gasteiger partial charge in [0.05, 0.1) is 29.6 Å². The number of aromatic nitrogens is 1. The molecule has 1 aromatic carbocycles. The summed E-state index contributed by atoms with van der Waals surface area (Å²) < 4.78 is 43.8. The summed E-state index contributed by atoms with van der Waals surface area (Å²) in [4.78, 5) is 28.0. The van der Waals surface area contributed by atoms with Crippen LogP contribution in [0.15, 0.2) is 52.5 Å². The van der Waals surface area contributed by atoms with Crippen LogP contribution in [0.5, 0.6) is 0 Å². The molecule has 0 aliphatic rings. The number of benzene rings is 1. The number of rotatable bonds is 5. The van der Waals surface area contributed by atoms with Gasteiger partial charge in [-0.2, -0.15) is 13.2 Å². The van der Waals surface area contributed by atoms with Crippen molar-refractivity contribution in [3.63, 3.8) is 0 Å². The van der Waals surface area contributed by atoms with Gasteiger partial charge in [-0.3, -0.25) is 14.9 Å². The minimum Gasteiger partial charge on any atom is -0.459 e. The van der Waals surface area contributed by atoms with Crippen LogP contribution in [0.2, 0.25) is 0 Å². The van der Waals surface area contributed by atoms with Crippen molar-refractivity contribution in [1.29, 1.82) is 0 Å². The molecule has 2 aromatic heterocycles. The van der Waals surface area contributed by atoms with Gasteiger partial charge in [0, 0.05) is 5.38 Å². The summed E-state index contributed by atoms with van der Waals surface area (Å²) in [5.74, 6) is -1.04. The normalized spacial score (nSPS) is 11.2. The molecule has 0 aliphatic heterocycles. The average molecular weight is 395 g/mol. The van der Waals surface area contributed by atoms with Crippen LogP contribution in [0, 0.1) is 0 Å². The fourth-order valence-electron chi connectivity index (χ4n) is 2.21. The number of halogens is 3. The van der Waals surface area contributed by atoms with Gasteiger partial charge in [-0.25, -0.2) is 4.98 Å². The number of nitrogens with zero attached hydrogens (tertiary/aromatic N) is 1. The molecule has 140 valence electrons. The molecule has 2 heterocycles. The van der Waals surface area contributed by atoms with Gasteiger partial charge in [-0.15, -0.1) is 11.3 Å². The fraction of sp³-hybridized carbons (Fsp3) is 0.118. The van der Waals surface area contributed by atoms with Crippen molar-refractivity contribution >= 4 is 34.0 Å². The zero-order valence-corrected chi connectivity index (χ0v) is 14.4. The molecule has 0 saturated heterocycles. The summed E-state index contributed by atoms with van der Waals surface area (Å²) in [6, 6.07) is 7.75. The second-order valence-corrected chi connectivity index (χ2v) is 6.20. The molecule has 2 amide bonds. The maximum absolute atomic E-state index is 13.0. The van der Waals surface area contributed by atoms with E-state index in [1.165, 1.54) is 35.9 Å². The van der Waals surface area contributed by atoms with E-state index in [1.807, 2.05) is 0 Å². The van der Waals surface area contributed by atoms with E-state index >= 15 is 0 Å². The number of para-hydroxylation sites is 1. The maximum Gasteiger partial charge on any atom is 0.418 e. The van der Waals surface area contributed by atoms with Gasteiger partial charge in [0.15, 0.2) is 10.9 Å². The predicted molar refractivity (Wildman–Crippen MR) is 92.6 cm³/mol. The van der Waals surface area contributed by atoms with Gasteiger partial charge in [-0.05, 0) is 24.3 Å².